The highest BCUT2D eigenvalue weighted by atomic mass is 15.1. The van der Waals surface area contributed by atoms with E-state index in [1.54, 1.807) is 22.3 Å². The predicted octanol–water partition coefficient (Wildman–Crippen LogP) is 13.8. The first-order valence-electron chi connectivity index (χ1n) is 20.7. The van der Waals surface area contributed by atoms with E-state index in [0.717, 1.165) is 23.7 Å². The van der Waals surface area contributed by atoms with Gasteiger partial charge in [-0.15, -0.1) is 0 Å². The number of fused-ring (bicyclic) bond motifs is 8. The number of nitrogens with zero attached hydrogens (tertiary/aromatic N) is 1. The molecule has 4 bridgehead atoms. The molecule has 1 nitrogen and oxygen atoms in total. The molecule has 5 saturated carbocycles. The molecule has 0 unspecified atom stereocenters. The second kappa shape index (κ2) is 11.3. The van der Waals surface area contributed by atoms with Crippen LogP contribution in [0.3, 0.4) is 0 Å². The van der Waals surface area contributed by atoms with E-state index in [-0.39, 0.29) is 10.8 Å². The van der Waals surface area contributed by atoms with Crippen molar-refractivity contribution in [2.24, 2.45) is 23.7 Å². The summed E-state index contributed by atoms with van der Waals surface area (Å²) in [6, 6.07) is 54.1. The van der Waals surface area contributed by atoms with Gasteiger partial charge in [0.1, 0.15) is 0 Å². The topological polar surface area (TPSA) is 3.24 Å². The molecular weight excluding hydrogens is 639 g/mol. The Morgan fingerprint density at radius 2 is 0.943 bits per heavy atom. The van der Waals surface area contributed by atoms with Crippen LogP contribution >= 0.6 is 0 Å². The summed E-state index contributed by atoms with van der Waals surface area (Å²) in [4.78, 5) is 2.58. The molecule has 6 aromatic rings. The van der Waals surface area contributed by atoms with Gasteiger partial charge in [-0.2, -0.15) is 0 Å². The van der Waals surface area contributed by atoms with Crippen LogP contribution in [0.25, 0.3) is 33.4 Å². The first-order chi connectivity index (χ1) is 26.2. The standard InChI is InChI=1S/C52H47N/c1-3-11-36(12-4-1)37-17-19-40(20-18-37)53(41-22-24-48-46(32-41)44-14-5-7-15-47(44)51(48)25-9-2-10-26-51)42-21-23-45-43-13-6-8-16-49(43)52(50(45)33-42)38-28-34-27-35(30-38)31-39(52)29-34/h1,3-8,11-24,32-35,38-39H,2,9-10,25-31H2. The number of hydrogen-bond donors (Lipinski definition) is 0. The normalized spacial score (nSPS) is 26.3. The lowest BCUT2D eigenvalue weighted by molar-refractivity contribution is -0.0399. The summed E-state index contributed by atoms with van der Waals surface area (Å²) in [6.45, 7) is 0. The molecule has 0 atom stereocenters. The van der Waals surface area contributed by atoms with Crippen molar-refractivity contribution < 1.29 is 0 Å². The second-order valence-electron chi connectivity index (χ2n) is 17.6. The average molecular weight is 686 g/mol. The fourth-order valence-electron chi connectivity index (χ4n) is 13.4. The Labute approximate surface area is 314 Å². The minimum absolute atomic E-state index is 0.141. The van der Waals surface area contributed by atoms with Crippen LogP contribution in [-0.2, 0) is 10.8 Å². The summed E-state index contributed by atoms with van der Waals surface area (Å²) in [7, 11) is 0. The first-order valence-corrected chi connectivity index (χ1v) is 20.7. The number of benzene rings is 6. The smallest absolute Gasteiger partial charge is 0.0468 e. The fourth-order valence-corrected chi connectivity index (χ4v) is 13.4. The minimum atomic E-state index is 0.141. The summed E-state index contributed by atoms with van der Waals surface area (Å²) in [5.74, 6) is 3.36. The van der Waals surface area contributed by atoms with Gasteiger partial charge in [0.15, 0.2) is 0 Å². The van der Waals surface area contributed by atoms with Gasteiger partial charge in [0.25, 0.3) is 0 Å². The lowest BCUT2D eigenvalue weighted by atomic mass is 9.43. The third-order valence-electron chi connectivity index (χ3n) is 15.2. The second-order valence-corrected chi connectivity index (χ2v) is 17.6. The van der Waals surface area contributed by atoms with Crippen LogP contribution < -0.4 is 4.90 Å². The van der Waals surface area contributed by atoms with Gasteiger partial charge >= 0.3 is 0 Å². The van der Waals surface area contributed by atoms with Crippen molar-refractivity contribution in [1.29, 1.82) is 0 Å². The summed E-state index contributed by atoms with van der Waals surface area (Å²) in [5, 5.41) is 0. The van der Waals surface area contributed by atoms with E-state index in [4.69, 9.17) is 0 Å². The van der Waals surface area contributed by atoms with Crippen LogP contribution in [0.2, 0.25) is 0 Å². The largest absolute Gasteiger partial charge is 0.310 e. The van der Waals surface area contributed by atoms with Crippen molar-refractivity contribution in [3.05, 3.63) is 162 Å². The van der Waals surface area contributed by atoms with Crippen LogP contribution in [0.4, 0.5) is 17.1 Å². The van der Waals surface area contributed by atoms with Crippen LogP contribution in [0.15, 0.2) is 140 Å². The molecule has 0 saturated heterocycles. The van der Waals surface area contributed by atoms with Crippen molar-refractivity contribution in [2.45, 2.75) is 75.0 Å². The van der Waals surface area contributed by atoms with Gasteiger partial charge in [-0.25, -0.2) is 0 Å². The highest BCUT2D eigenvalue weighted by Gasteiger charge is 2.61. The molecule has 0 amide bonds. The molecular formula is C52H47N. The molecule has 0 aliphatic heterocycles. The number of anilines is 3. The van der Waals surface area contributed by atoms with E-state index in [0.29, 0.717) is 0 Å². The van der Waals surface area contributed by atoms with Crippen LogP contribution in [0.1, 0.15) is 86.5 Å². The van der Waals surface area contributed by atoms with E-state index >= 15 is 0 Å². The molecule has 260 valence electrons. The lowest BCUT2D eigenvalue weighted by Crippen LogP contribution is -2.55. The van der Waals surface area contributed by atoms with Gasteiger partial charge < -0.3 is 4.90 Å². The molecule has 53 heavy (non-hydrogen) atoms. The van der Waals surface area contributed by atoms with E-state index in [2.05, 4.69) is 144 Å². The maximum atomic E-state index is 2.66. The molecule has 13 rings (SSSR count). The molecule has 1 heteroatoms. The maximum Gasteiger partial charge on any atom is 0.0468 e. The SMILES string of the molecule is c1ccc(-c2ccc(N(c3ccc4c(c3)-c3ccccc3C43CCCCC3)c3ccc4c(c3)C3(c5ccccc5-4)C4CC5CC(C4)CC3C5)cc2)cc1. The quantitative estimate of drug-likeness (QED) is 0.179. The zero-order chi connectivity index (χ0) is 34.7. The van der Waals surface area contributed by atoms with Crippen molar-refractivity contribution in [3.63, 3.8) is 0 Å². The van der Waals surface area contributed by atoms with E-state index < -0.39 is 0 Å². The highest BCUT2D eigenvalue weighted by molar-refractivity contribution is 5.90. The van der Waals surface area contributed by atoms with Crippen molar-refractivity contribution in [3.8, 4) is 33.4 Å². The molecule has 0 radical (unpaired) electrons. The molecule has 0 heterocycles. The van der Waals surface area contributed by atoms with Gasteiger partial charge in [0.05, 0.1) is 0 Å². The van der Waals surface area contributed by atoms with Crippen LogP contribution in [0.5, 0.6) is 0 Å². The number of hydrogen-bond acceptors (Lipinski definition) is 1. The van der Waals surface area contributed by atoms with Gasteiger partial charge in [-0.05, 0) is 161 Å². The van der Waals surface area contributed by atoms with E-state index in [1.165, 1.54) is 115 Å². The molecule has 6 aromatic carbocycles. The third-order valence-corrected chi connectivity index (χ3v) is 15.2. The minimum Gasteiger partial charge on any atom is -0.310 e. The van der Waals surface area contributed by atoms with Crippen LogP contribution in [0, 0.1) is 23.7 Å². The van der Waals surface area contributed by atoms with Gasteiger partial charge in [-0.3, -0.25) is 0 Å². The zero-order valence-electron chi connectivity index (χ0n) is 30.6. The molecule has 7 aliphatic carbocycles. The molecule has 5 fully saturated rings. The predicted molar refractivity (Wildman–Crippen MR) is 219 cm³/mol. The monoisotopic (exact) mass is 685 g/mol. The van der Waals surface area contributed by atoms with E-state index in [1.807, 2.05) is 0 Å². The summed E-state index contributed by atoms with van der Waals surface area (Å²) < 4.78 is 0. The van der Waals surface area contributed by atoms with Crippen LogP contribution in [-0.4, -0.2) is 0 Å². The molecule has 2 spiro atoms. The highest BCUT2D eigenvalue weighted by Crippen LogP contribution is 2.69. The Bertz CT molecular complexity index is 2370. The average Bonchev–Trinajstić information content (AvgIpc) is 3.64. The van der Waals surface area contributed by atoms with Crippen molar-refractivity contribution >= 4 is 17.1 Å². The Morgan fingerprint density at radius 3 is 1.68 bits per heavy atom. The fraction of sp³-hybridized carbons (Fsp3) is 0.308. The van der Waals surface area contributed by atoms with E-state index in [9.17, 15) is 0 Å². The Hall–Kier alpha value is -4.88. The molecule has 0 aromatic heterocycles. The van der Waals surface area contributed by atoms with Gasteiger partial charge in [0, 0.05) is 27.9 Å². The number of rotatable bonds is 4. The first kappa shape index (κ1) is 30.6. The summed E-state index contributed by atoms with van der Waals surface area (Å²) in [5.41, 5.74) is 18.8. The summed E-state index contributed by atoms with van der Waals surface area (Å²) >= 11 is 0. The van der Waals surface area contributed by atoms with Crippen molar-refractivity contribution in [2.75, 3.05) is 4.90 Å². The van der Waals surface area contributed by atoms with Gasteiger partial charge in [-0.1, -0.05) is 122 Å². The Kier molecular flexibility index (Phi) is 6.53. The Balaban J connectivity index is 1.05. The van der Waals surface area contributed by atoms with Gasteiger partial charge in [0.2, 0.25) is 0 Å². The summed E-state index contributed by atoms with van der Waals surface area (Å²) in [6.07, 6.45) is 13.6. The Morgan fingerprint density at radius 1 is 0.396 bits per heavy atom. The molecule has 7 aliphatic rings. The van der Waals surface area contributed by atoms with Crippen molar-refractivity contribution in [1.82, 2.24) is 0 Å². The third kappa shape index (κ3) is 4.20. The zero-order valence-corrected chi connectivity index (χ0v) is 30.6. The maximum absolute atomic E-state index is 2.66. The molecule has 0 N–H and O–H groups in total. The lowest BCUT2D eigenvalue weighted by Gasteiger charge is -2.61.